The van der Waals surface area contributed by atoms with Crippen molar-refractivity contribution < 1.29 is 18.4 Å². The Labute approximate surface area is 286 Å². The minimum absolute atomic E-state index is 0.108. The first-order valence-electron chi connectivity index (χ1n) is 19.4. The molecule has 0 rings (SSSR count). The van der Waals surface area contributed by atoms with E-state index in [-0.39, 0.29) is 6.10 Å². The highest BCUT2D eigenvalue weighted by molar-refractivity contribution is 6.36. The van der Waals surface area contributed by atoms with Crippen molar-refractivity contribution in [1.29, 1.82) is 0 Å². The smallest absolute Gasteiger partial charge is 0.386 e. The van der Waals surface area contributed by atoms with E-state index in [1.807, 2.05) is 0 Å². The van der Waals surface area contributed by atoms with Crippen LogP contribution < -0.4 is 0 Å². The Morgan fingerprint density at radius 3 is 1.07 bits per heavy atom. The number of hydrogen-bond acceptors (Lipinski definition) is 3. The van der Waals surface area contributed by atoms with E-state index in [4.69, 9.17) is 14.0 Å². The van der Waals surface area contributed by atoms with Crippen LogP contribution in [0.2, 0.25) is 0 Å². The molecule has 272 valence electrons. The minimum Gasteiger partial charge on any atom is -0.386 e. The van der Waals surface area contributed by atoms with Gasteiger partial charge in [-0.25, -0.2) is 0 Å². The molecule has 0 N–H and O–H groups in total. The van der Waals surface area contributed by atoms with E-state index >= 15 is 0 Å². The summed E-state index contributed by atoms with van der Waals surface area (Å²) in [5.74, 6) is 5.24. The second-order valence-corrected chi connectivity index (χ2v) is 17.5. The Morgan fingerprint density at radius 2 is 0.800 bits per heavy atom. The summed E-state index contributed by atoms with van der Waals surface area (Å²) >= 11 is 0. The van der Waals surface area contributed by atoms with E-state index in [2.05, 4.69) is 118 Å². The van der Waals surface area contributed by atoms with Crippen LogP contribution in [0.25, 0.3) is 0 Å². The van der Waals surface area contributed by atoms with E-state index in [1.54, 1.807) is 0 Å². The fourth-order valence-corrected chi connectivity index (χ4v) is 5.43. The second kappa shape index (κ2) is 26.8. The lowest BCUT2D eigenvalue weighted by molar-refractivity contribution is -0.956. The van der Waals surface area contributed by atoms with Crippen molar-refractivity contribution in [2.24, 2.45) is 47.3 Å². The SMILES string of the molecule is CC(C)CCOB(OCCC(C)C)OC(CC(C)C)C(CC(C)C)[N+](CCC(C)C)(CCC(C)C)CCC(C)C.[CH2-]CC(C)C. The summed E-state index contributed by atoms with van der Waals surface area (Å²) in [7, 11) is -0.585. The lowest BCUT2D eigenvalue weighted by Crippen LogP contribution is -2.63. The molecule has 0 aromatic heterocycles. The fourth-order valence-electron chi connectivity index (χ4n) is 5.43. The summed E-state index contributed by atoms with van der Waals surface area (Å²) in [6, 6.07) is 0.434. The van der Waals surface area contributed by atoms with Gasteiger partial charge in [0, 0.05) is 19.6 Å². The molecule has 0 amide bonds. The molecule has 0 saturated heterocycles. The van der Waals surface area contributed by atoms with Crippen LogP contribution in [-0.2, 0) is 14.0 Å². The van der Waals surface area contributed by atoms with Crippen LogP contribution in [0.5, 0.6) is 0 Å². The average molecular weight is 640 g/mol. The lowest BCUT2D eigenvalue weighted by Gasteiger charge is -2.50. The van der Waals surface area contributed by atoms with Gasteiger partial charge >= 0.3 is 7.32 Å². The first-order chi connectivity index (χ1) is 20.8. The van der Waals surface area contributed by atoms with Crippen molar-refractivity contribution in [1.82, 2.24) is 0 Å². The molecule has 5 heteroatoms. The van der Waals surface area contributed by atoms with Gasteiger partial charge < -0.3 is 25.4 Å². The van der Waals surface area contributed by atoms with Crippen molar-refractivity contribution in [2.45, 2.75) is 174 Å². The maximum absolute atomic E-state index is 7.05. The molecular formula is C40H86BNO3. The molecule has 0 radical (unpaired) electrons. The predicted octanol–water partition coefficient (Wildman–Crippen LogP) is 11.8. The number of rotatable bonds is 26. The molecule has 0 saturated carbocycles. The maximum Gasteiger partial charge on any atom is 0.639 e. The van der Waals surface area contributed by atoms with Crippen molar-refractivity contribution in [2.75, 3.05) is 32.8 Å². The molecule has 2 atom stereocenters. The van der Waals surface area contributed by atoms with E-state index in [0.29, 0.717) is 60.7 Å². The van der Waals surface area contributed by atoms with Gasteiger partial charge in [-0.15, -0.1) is 0 Å². The standard InChI is InChI=1S/C35H75BNO3.C5H11/c1-27(2)15-20-37(21-16-28(3)4,22-17-29(5)6)34(25-32(11)12)35(26-33(13)14)40-36(38-23-18-30(7)8)39-24-19-31(9)10;1-4-5(2)3/h27-35H,15-26H2,1-14H3;5H,1,4H2,2-3H3/q+1;-1. The molecule has 0 heterocycles. The van der Waals surface area contributed by atoms with Crippen LogP contribution in [0.15, 0.2) is 0 Å². The molecule has 0 aliphatic carbocycles. The highest BCUT2D eigenvalue weighted by atomic mass is 16.7. The van der Waals surface area contributed by atoms with Gasteiger partial charge in [0.1, 0.15) is 6.04 Å². The van der Waals surface area contributed by atoms with E-state index in [0.717, 1.165) is 31.6 Å². The third-order valence-corrected chi connectivity index (χ3v) is 8.77. The molecule has 45 heavy (non-hydrogen) atoms. The molecule has 0 bridgehead atoms. The van der Waals surface area contributed by atoms with Crippen LogP contribution >= 0.6 is 0 Å². The Balaban J connectivity index is 0. The molecule has 4 nitrogen and oxygen atoms in total. The predicted molar refractivity (Wildman–Crippen MR) is 202 cm³/mol. The van der Waals surface area contributed by atoms with Gasteiger partial charge in [0.25, 0.3) is 0 Å². The van der Waals surface area contributed by atoms with E-state index in [1.165, 1.54) is 49.8 Å². The Morgan fingerprint density at radius 1 is 0.467 bits per heavy atom. The minimum atomic E-state index is -0.585. The third kappa shape index (κ3) is 26.5. The third-order valence-electron chi connectivity index (χ3n) is 8.77. The molecule has 0 spiro atoms. The molecule has 2 unspecified atom stereocenters. The largest absolute Gasteiger partial charge is 0.639 e. The summed E-state index contributed by atoms with van der Waals surface area (Å²) in [5.41, 5.74) is 0. The highest BCUT2D eigenvalue weighted by Gasteiger charge is 2.44. The Hall–Kier alpha value is -0.0951. The Kier molecular flexibility index (Phi) is 28.0. The lowest BCUT2D eigenvalue weighted by atomic mass is 9.87. The summed E-state index contributed by atoms with van der Waals surface area (Å²) in [5, 5.41) is 0. The first kappa shape index (κ1) is 47.0. The molecule has 0 aliphatic heterocycles. The topological polar surface area (TPSA) is 27.7 Å². The van der Waals surface area contributed by atoms with Gasteiger partial charge in [-0.2, -0.15) is 6.42 Å². The summed E-state index contributed by atoms with van der Waals surface area (Å²) in [6.45, 7) is 45.9. The zero-order valence-electron chi connectivity index (χ0n) is 33.9. The second-order valence-electron chi connectivity index (χ2n) is 17.5. The fraction of sp³-hybridized carbons (Fsp3) is 0.975. The maximum atomic E-state index is 7.05. The summed E-state index contributed by atoms with van der Waals surface area (Å²) in [4.78, 5) is 0. The quantitative estimate of drug-likeness (QED) is 0.0535. The normalized spacial score (nSPS) is 14.1. The van der Waals surface area contributed by atoms with Gasteiger partial charge in [0.15, 0.2) is 0 Å². The van der Waals surface area contributed by atoms with E-state index in [9.17, 15) is 0 Å². The zero-order chi connectivity index (χ0) is 35.2. The highest BCUT2D eigenvalue weighted by Crippen LogP contribution is 2.33. The van der Waals surface area contributed by atoms with Crippen LogP contribution in [0.4, 0.5) is 0 Å². The van der Waals surface area contributed by atoms with Crippen molar-refractivity contribution >= 4 is 7.32 Å². The van der Waals surface area contributed by atoms with Gasteiger partial charge in [-0.3, -0.25) is 0 Å². The van der Waals surface area contributed by atoms with Crippen LogP contribution in [0.1, 0.15) is 162 Å². The van der Waals surface area contributed by atoms with Crippen LogP contribution in [-0.4, -0.2) is 56.8 Å². The molecule has 0 aromatic carbocycles. The number of quaternary nitrogens is 1. The van der Waals surface area contributed by atoms with Crippen LogP contribution in [0, 0.1) is 54.3 Å². The summed E-state index contributed by atoms with van der Waals surface area (Å²) < 4.78 is 20.9. The molecule has 0 fully saturated rings. The zero-order valence-corrected chi connectivity index (χ0v) is 33.9. The van der Waals surface area contributed by atoms with Crippen molar-refractivity contribution in [3.8, 4) is 0 Å². The van der Waals surface area contributed by atoms with Gasteiger partial charge in [-0.1, -0.05) is 117 Å². The Bertz CT molecular complexity index is 602. The molecule has 0 aliphatic rings. The number of nitrogens with zero attached hydrogens (tertiary/aromatic N) is 1. The molecular weight excluding hydrogens is 553 g/mol. The van der Waals surface area contributed by atoms with Crippen LogP contribution in [0.3, 0.4) is 0 Å². The monoisotopic (exact) mass is 640 g/mol. The van der Waals surface area contributed by atoms with Crippen molar-refractivity contribution in [3.05, 3.63) is 6.92 Å². The molecule has 0 aromatic rings. The van der Waals surface area contributed by atoms with Gasteiger partial charge in [0.2, 0.25) is 0 Å². The van der Waals surface area contributed by atoms with Gasteiger partial charge in [0.05, 0.1) is 25.7 Å². The number of hydrogen-bond donors (Lipinski definition) is 0. The van der Waals surface area contributed by atoms with Gasteiger partial charge in [-0.05, 0) is 80.0 Å². The first-order valence-corrected chi connectivity index (χ1v) is 19.4. The summed E-state index contributed by atoms with van der Waals surface area (Å²) in [6.07, 6.45) is 9.21. The van der Waals surface area contributed by atoms with E-state index < -0.39 is 7.32 Å². The van der Waals surface area contributed by atoms with Crippen molar-refractivity contribution in [3.63, 3.8) is 0 Å². The average Bonchev–Trinajstić information content (AvgIpc) is 2.90.